The van der Waals surface area contributed by atoms with Crippen molar-refractivity contribution in [1.29, 1.82) is 0 Å². The van der Waals surface area contributed by atoms with Crippen molar-refractivity contribution in [2.75, 3.05) is 42.6 Å². The minimum absolute atomic E-state index is 0.253. The number of nitrogens with zero attached hydrogens (tertiary/aromatic N) is 7. The zero-order valence-corrected chi connectivity index (χ0v) is 17.3. The van der Waals surface area contributed by atoms with Gasteiger partial charge < -0.3 is 14.5 Å². The first kappa shape index (κ1) is 21.7. The van der Waals surface area contributed by atoms with Crippen LogP contribution in [0.15, 0.2) is 30.7 Å². The van der Waals surface area contributed by atoms with E-state index in [1.54, 1.807) is 11.1 Å². The van der Waals surface area contributed by atoms with E-state index in [4.69, 9.17) is 4.74 Å². The summed E-state index contributed by atoms with van der Waals surface area (Å²) in [5.74, 6) is 0.761. The molecule has 1 atom stereocenters. The Labute approximate surface area is 185 Å². The molecular formula is C20H20F5N7O. The van der Waals surface area contributed by atoms with Crippen molar-refractivity contribution in [2.45, 2.75) is 31.2 Å². The molecule has 33 heavy (non-hydrogen) atoms. The number of pyridine rings is 1. The van der Waals surface area contributed by atoms with Crippen molar-refractivity contribution < 1.29 is 26.7 Å². The highest BCUT2D eigenvalue weighted by molar-refractivity contribution is 5.71. The quantitative estimate of drug-likeness (QED) is 0.544. The number of aromatic nitrogens is 5. The topological polar surface area (TPSA) is 72.2 Å². The summed E-state index contributed by atoms with van der Waals surface area (Å²) in [6, 6.07) is 2.00. The number of hydrogen-bond donors (Lipinski definition) is 0. The van der Waals surface area contributed by atoms with Crippen molar-refractivity contribution >= 4 is 22.8 Å². The fourth-order valence-corrected chi connectivity index (χ4v) is 4.35. The smallest absolute Gasteiger partial charge is 0.369 e. The summed E-state index contributed by atoms with van der Waals surface area (Å²) < 4.78 is 72.2. The summed E-state index contributed by atoms with van der Waals surface area (Å²) in [6.45, 7) is 1.58. The first-order valence-corrected chi connectivity index (χ1v) is 10.4. The lowest BCUT2D eigenvalue weighted by molar-refractivity contribution is -0.137. The van der Waals surface area contributed by atoms with Crippen LogP contribution >= 0.6 is 0 Å². The van der Waals surface area contributed by atoms with E-state index in [-0.39, 0.29) is 11.5 Å². The second-order valence-electron chi connectivity index (χ2n) is 8.18. The monoisotopic (exact) mass is 469 g/mol. The highest BCUT2D eigenvalue weighted by atomic mass is 19.4. The van der Waals surface area contributed by atoms with Gasteiger partial charge in [0.2, 0.25) is 0 Å². The third-order valence-electron chi connectivity index (χ3n) is 5.93. The van der Waals surface area contributed by atoms with Gasteiger partial charge in [0.15, 0.2) is 5.65 Å². The van der Waals surface area contributed by atoms with Crippen LogP contribution in [0.2, 0.25) is 0 Å². The number of morpholine rings is 1. The Hall–Kier alpha value is -3.09. The van der Waals surface area contributed by atoms with Gasteiger partial charge in [-0.1, -0.05) is 0 Å². The third kappa shape index (κ3) is 4.28. The first-order valence-electron chi connectivity index (χ1n) is 10.4. The molecule has 8 nitrogen and oxygen atoms in total. The van der Waals surface area contributed by atoms with E-state index in [9.17, 15) is 22.0 Å². The summed E-state index contributed by atoms with van der Waals surface area (Å²) >= 11 is 0. The Kier molecular flexibility index (Phi) is 5.30. The predicted octanol–water partition coefficient (Wildman–Crippen LogP) is 2.99. The van der Waals surface area contributed by atoms with Gasteiger partial charge in [-0.05, 0) is 18.6 Å². The molecule has 2 saturated heterocycles. The van der Waals surface area contributed by atoms with E-state index in [2.05, 4.69) is 20.1 Å². The maximum Gasteiger partial charge on any atom is 0.416 e. The van der Waals surface area contributed by atoms with Gasteiger partial charge in [-0.25, -0.2) is 28.4 Å². The van der Waals surface area contributed by atoms with Gasteiger partial charge in [0.25, 0.3) is 6.43 Å². The minimum Gasteiger partial charge on any atom is -0.369 e. The summed E-state index contributed by atoms with van der Waals surface area (Å²) in [5, 5.41) is 3.93. The van der Waals surface area contributed by atoms with E-state index in [0.29, 0.717) is 50.5 Å². The van der Waals surface area contributed by atoms with Crippen LogP contribution in [0.1, 0.15) is 12.0 Å². The molecular weight excluding hydrogens is 449 g/mol. The molecule has 0 aliphatic carbocycles. The van der Waals surface area contributed by atoms with E-state index in [1.807, 2.05) is 4.90 Å². The summed E-state index contributed by atoms with van der Waals surface area (Å²) in [4.78, 5) is 16.6. The molecule has 0 saturated carbocycles. The van der Waals surface area contributed by atoms with Crippen molar-refractivity contribution in [3.63, 3.8) is 0 Å². The van der Waals surface area contributed by atoms with Gasteiger partial charge in [0, 0.05) is 19.3 Å². The number of ether oxygens (including phenoxy) is 1. The minimum atomic E-state index is -4.44. The number of halogens is 5. The maximum absolute atomic E-state index is 13.1. The van der Waals surface area contributed by atoms with Crippen molar-refractivity contribution in [1.82, 2.24) is 24.7 Å². The van der Waals surface area contributed by atoms with Crippen LogP contribution in [0.3, 0.4) is 0 Å². The van der Waals surface area contributed by atoms with Gasteiger partial charge in [-0.15, -0.1) is 0 Å². The Bertz CT molecular complexity index is 1150. The largest absolute Gasteiger partial charge is 0.416 e. The molecule has 5 rings (SSSR count). The fraction of sp³-hybridized carbons (Fsp3) is 0.500. The zero-order valence-electron chi connectivity index (χ0n) is 17.3. The molecule has 0 amide bonds. The normalized spacial score (nSPS) is 21.6. The lowest BCUT2D eigenvalue weighted by Crippen LogP contribution is -2.53. The maximum atomic E-state index is 13.1. The zero-order chi connectivity index (χ0) is 23.2. The van der Waals surface area contributed by atoms with E-state index < -0.39 is 30.3 Å². The van der Waals surface area contributed by atoms with Gasteiger partial charge >= 0.3 is 6.18 Å². The van der Waals surface area contributed by atoms with Gasteiger partial charge in [-0.2, -0.15) is 18.3 Å². The molecule has 2 aliphatic rings. The van der Waals surface area contributed by atoms with Crippen LogP contribution < -0.4 is 9.80 Å². The first-order chi connectivity index (χ1) is 15.7. The Morgan fingerprint density at radius 2 is 1.85 bits per heavy atom. The van der Waals surface area contributed by atoms with Gasteiger partial charge in [-0.3, -0.25) is 0 Å². The van der Waals surface area contributed by atoms with E-state index in [0.717, 1.165) is 23.0 Å². The second-order valence-corrected chi connectivity index (χ2v) is 8.18. The average Bonchev–Trinajstić information content (AvgIpc) is 3.37. The number of anilines is 2. The average molecular weight is 469 g/mol. The fourth-order valence-electron chi connectivity index (χ4n) is 4.35. The van der Waals surface area contributed by atoms with Crippen LogP contribution in [0, 0.1) is 0 Å². The number of rotatable bonds is 4. The molecule has 3 aromatic heterocycles. The molecule has 1 unspecified atom stereocenters. The van der Waals surface area contributed by atoms with Crippen LogP contribution in [-0.4, -0.2) is 69.5 Å². The van der Waals surface area contributed by atoms with Crippen molar-refractivity contribution in [3.8, 4) is 0 Å². The third-order valence-corrected chi connectivity index (χ3v) is 5.93. The summed E-state index contributed by atoms with van der Waals surface area (Å²) in [7, 11) is 0. The van der Waals surface area contributed by atoms with Crippen LogP contribution in [0.4, 0.5) is 33.6 Å². The van der Waals surface area contributed by atoms with Gasteiger partial charge in [0.1, 0.15) is 29.3 Å². The molecule has 0 aromatic carbocycles. The van der Waals surface area contributed by atoms with Crippen molar-refractivity contribution in [3.05, 3.63) is 36.3 Å². The lowest BCUT2D eigenvalue weighted by atomic mass is 10.0. The summed E-state index contributed by atoms with van der Waals surface area (Å²) in [5.41, 5.74) is -0.671. The molecule has 13 heteroatoms. The molecule has 0 radical (unpaired) electrons. The summed E-state index contributed by atoms with van der Waals surface area (Å²) in [6.07, 6.45) is -2.28. The van der Waals surface area contributed by atoms with Crippen LogP contribution in [0.5, 0.6) is 0 Å². The molecule has 0 N–H and O–H groups in total. The molecule has 1 spiro atoms. The molecule has 3 aromatic rings. The van der Waals surface area contributed by atoms with Crippen LogP contribution in [0.25, 0.3) is 11.2 Å². The highest BCUT2D eigenvalue weighted by Crippen LogP contribution is 2.35. The molecule has 176 valence electrons. The predicted molar refractivity (Wildman–Crippen MR) is 108 cm³/mol. The van der Waals surface area contributed by atoms with E-state index >= 15 is 0 Å². The molecule has 2 aliphatic heterocycles. The number of fused-ring (bicyclic) bond motifs is 1. The Balaban J connectivity index is 1.35. The number of alkyl halides is 5. The standard InChI is InChI=1S/C20H20F5N7O/c21-15(22)10-32-18-14(8-28-32)27-9-17(29-18)30-4-2-19(11-30)12-31(5-6-33-19)16-7-13(1-3-26-16)20(23,24)25/h1,3,7-9,15H,2,4-6,10-12H2. The lowest BCUT2D eigenvalue weighted by Gasteiger charge is -2.41. The SMILES string of the molecule is FC(F)Cn1ncc2ncc(N3CCC4(CN(c5cc(C(F)(F)F)ccn5)CCO4)C3)nc21. The molecule has 5 heterocycles. The van der Waals surface area contributed by atoms with Gasteiger partial charge in [0.05, 0.1) is 37.7 Å². The highest BCUT2D eigenvalue weighted by Gasteiger charge is 2.44. The van der Waals surface area contributed by atoms with Crippen LogP contribution in [-0.2, 0) is 17.5 Å². The number of hydrogen-bond acceptors (Lipinski definition) is 7. The van der Waals surface area contributed by atoms with E-state index in [1.165, 1.54) is 6.20 Å². The second kappa shape index (κ2) is 8.04. The van der Waals surface area contributed by atoms with Crippen molar-refractivity contribution in [2.24, 2.45) is 0 Å². The molecule has 0 bridgehead atoms. The Morgan fingerprint density at radius 3 is 2.61 bits per heavy atom. The Morgan fingerprint density at radius 1 is 1.06 bits per heavy atom. The molecule has 2 fully saturated rings.